The Morgan fingerprint density at radius 1 is 1.31 bits per heavy atom. The summed E-state index contributed by atoms with van der Waals surface area (Å²) in [6.07, 6.45) is 1.11. The molecule has 2 amide bonds. The van der Waals surface area contributed by atoms with Crippen molar-refractivity contribution in [3.8, 4) is 0 Å². The molecule has 26 heavy (non-hydrogen) atoms. The number of carbonyl (C=O) groups excluding carboxylic acids is 1. The molecule has 0 fully saturated rings. The highest BCUT2D eigenvalue weighted by Gasteiger charge is 2.20. The smallest absolute Gasteiger partial charge is 0.341 e. The Morgan fingerprint density at radius 2 is 2.00 bits per heavy atom. The van der Waals surface area contributed by atoms with Crippen LogP contribution in [0, 0.1) is 5.82 Å². The third kappa shape index (κ3) is 5.00. The summed E-state index contributed by atoms with van der Waals surface area (Å²) in [4.78, 5) is 22.2. The molecule has 0 saturated heterocycles. The van der Waals surface area contributed by atoms with E-state index in [9.17, 15) is 9.18 Å². The van der Waals surface area contributed by atoms with Crippen molar-refractivity contribution in [2.75, 3.05) is 14.1 Å². The van der Waals surface area contributed by atoms with Gasteiger partial charge >= 0.3 is 6.03 Å². The number of pyridine rings is 1. The van der Waals surface area contributed by atoms with Crippen LogP contribution >= 0.6 is 0 Å². The van der Waals surface area contributed by atoms with Crippen molar-refractivity contribution < 1.29 is 9.18 Å². The number of nitrogens with two attached hydrogens (primary N) is 1. The van der Waals surface area contributed by atoms with E-state index in [-0.39, 0.29) is 18.5 Å². The second kappa shape index (κ2) is 8.91. The number of hydrogen-bond acceptors (Lipinski definition) is 4. The maximum Gasteiger partial charge on any atom is 0.341 e. The molecule has 2 aromatic rings. The lowest BCUT2D eigenvalue weighted by atomic mass is 10.1. The number of carbonyl (C=O) groups is 1. The fourth-order valence-corrected chi connectivity index (χ4v) is 2.27. The summed E-state index contributed by atoms with van der Waals surface area (Å²) in [7, 11) is 3.15. The van der Waals surface area contributed by atoms with Gasteiger partial charge in [-0.05, 0) is 24.6 Å². The van der Waals surface area contributed by atoms with Gasteiger partial charge in [0.25, 0.3) is 0 Å². The first-order valence-electron chi connectivity index (χ1n) is 8.13. The minimum atomic E-state index is -0.431. The summed E-state index contributed by atoms with van der Waals surface area (Å²) in [6, 6.07) is 11.9. The fourth-order valence-electron chi connectivity index (χ4n) is 2.27. The molecular weight excluding hydrogens is 335 g/mol. The zero-order chi connectivity index (χ0) is 19.1. The molecule has 0 radical (unpaired) electrons. The van der Waals surface area contributed by atoms with Gasteiger partial charge in [0.05, 0.1) is 24.5 Å². The molecule has 0 bridgehead atoms. The normalized spacial score (nSPS) is 12.5. The molecule has 1 atom stereocenters. The van der Waals surface area contributed by atoms with Gasteiger partial charge < -0.3 is 5.73 Å². The molecule has 0 saturated carbocycles. The lowest BCUT2D eigenvalue weighted by Gasteiger charge is -2.27. The van der Waals surface area contributed by atoms with Crippen molar-refractivity contribution in [2.24, 2.45) is 10.7 Å². The predicted octanol–water partition coefficient (Wildman–Crippen LogP) is 2.28. The number of aromatic nitrogens is 1. The summed E-state index contributed by atoms with van der Waals surface area (Å²) in [6.45, 7) is 2.06. The van der Waals surface area contributed by atoms with E-state index in [4.69, 9.17) is 5.73 Å². The summed E-state index contributed by atoms with van der Waals surface area (Å²) in [5.41, 5.74) is 10.3. The van der Waals surface area contributed by atoms with Crippen molar-refractivity contribution in [2.45, 2.75) is 19.5 Å². The second-order valence-corrected chi connectivity index (χ2v) is 5.69. The Hall–Kier alpha value is -3.00. The van der Waals surface area contributed by atoms with Crippen LogP contribution in [0.5, 0.6) is 0 Å². The number of amides is 2. The lowest BCUT2D eigenvalue weighted by Crippen LogP contribution is -2.51. The lowest BCUT2D eigenvalue weighted by molar-refractivity contribution is 0.155. The molecule has 0 aliphatic rings. The van der Waals surface area contributed by atoms with Gasteiger partial charge in [-0.1, -0.05) is 30.3 Å². The average Bonchev–Trinajstić information content (AvgIpc) is 2.67. The molecule has 1 heterocycles. The van der Waals surface area contributed by atoms with Gasteiger partial charge in [0.15, 0.2) is 5.96 Å². The van der Waals surface area contributed by atoms with Gasteiger partial charge in [0.1, 0.15) is 5.82 Å². The Morgan fingerprint density at radius 3 is 2.58 bits per heavy atom. The maximum atomic E-state index is 13.0. The number of nitrogens with zero attached hydrogens (tertiary/aromatic N) is 4. The molecule has 1 unspecified atom stereocenters. The fraction of sp³-hybridized carbons (Fsp3) is 0.278. The second-order valence-electron chi connectivity index (χ2n) is 5.69. The minimum Gasteiger partial charge on any atom is -0.369 e. The number of hydrogen-bond donors (Lipinski definition) is 2. The summed E-state index contributed by atoms with van der Waals surface area (Å²) in [5.74, 6) is -0.335. The maximum absolute atomic E-state index is 13.0. The van der Waals surface area contributed by atoms with Crippen LogP contribution in [-0.4, -0.2) is 41.0 Å². The third-order valence-electron chi connectivity index (χ3n) is 3.85. The molecule has 7 nitrogen and oxygen atoms in total. The van der Waals surface area contributed by atoms with Crippen LogP contribution in [0.15, 0.2) is 53.7 Å². The zero-order valence-electron chi connectivity index (χ0n) is 15.1. The van der Waals surface area contributed by atoms with Crippen LogP contribution in [0.4, 0.5) is 9.18 Å². The molecule has 1 aromatic carbocycles. The monoisotopic (exact) mass is 358 g/mol. The van der Waals surface area contributed by atoms with E-state index in [1.54, 1.807) is 14.1 Å². The topological polar surface area (TPSA) is 86.9 Å². The van der Waals surface area contributed by atoms with E-state index in [1.165, 1.54) is 22.0 Å². The van der Waals surface area contributed by atoms with E-state index in [1.807, 2.05) is 37.3 Å². The summed E-state index contributed by atoms with van der Waals surface area (Å²) >= 11 is 0. The molecular formula is C18H23FN6O. The van der Waals surface area contributed by atoms with E-state index in [2.05, 4.69) is 15.4 Å². The number of rotatable bonds is 5. The Labute approximate surface area is 152 Å². The summed E-state index contributed by atoms with van der Waals surface area (Å²) in [5, 5.41) is 1.32. The SMILES string of the molecule is CNN(Cc1ccc(F)cn1)C(=O)N(C)C(N)=NC(C)c1ccccc1. The van der Waals surface area contributed by atoms with Crippen molar-refractivity contribution >= 4 is 12.0 Å². The number of guanidine groups is 1. The molecule has 2 rings (SSSR count). The van der Waals surface area contributed by atoms with E-state index >= 15 is 0 Å². The van der Waals surface area contributed by atoms with Gasteiger partial charge in [-0.15, -0.1) is 0 Å². The molecule has 0 aliphatic carbocycles. The third-order valence-corrected chi connectivity index (χ3v) is 3.85. The number of benzene rings is 1. The molecule has 3 N–H and O–H groups in total. The molecule has 0 spiro atoms. The van der Waals surface area contributed by atoms with Gasteiger partial charge in [0, 0.05) is 14.1 Å². The Bertz CT molecular complexity index is 750. The van der Waals surface area contributed by atoms with Crippen LogP contribution in [0.2, 0.25) is 0 Å². The van der Waals surface area contributed by atoms with Crippen molar-refractivity contribution in [3.63, 3.8) is 0 Å². The van der Waals surface area contributed by atoms with Crippen molar-refractivity contribution in [1.29, 1.82) is 0 Å². The minimum absolute atomic E-state index is 0.0960. The molecule has 0 aliphatic heterocycles. The standard InChI is InChI=1S/C18H23FN6O/c1-13(14-7-5-4-6-8-14)23-17(20)24(3)18(26)25(21-2)12-16-10-9-15(19)11-22-16/h4-11,13,21H,12H2,1-3H3,(H2,20,23). The van der Waals surface area contributed by atoms with Gasteiger partial charge in [-0.3, -0.25) is 14.9 Å². The first-order valence-corrected chi connectivity index (χ1v) is 8.13. The van der Waals surface area contributed by atoms with Crippen LogP contribution in [0.1, 0.15) is 24.2 Å². The number of urea groups is 1. The van der Waals surface area contributed by atoms with E-state index in [0.29, 0.717) is 5.69 Å². The first kappa shape index (κ1) is 19.3. The average molecular weight is 358 g/mol. The molecule has 8 heteroatoms. The summed E-state index contributed by atoms with van der Waals surface area (Å²) < 4.78 is 13.0. The van der Waals surface area contributed by atoms with Crippen LogP contribution in [-0.2, 0) is 6.54 Å². The zero-order valence-corrected chi connectivity index (χ0v) is 15.1. The van der Waals surface area contributed by atoms with Crippen molar-refractivity contribution in [1.82, 2.24) is 20.3 Å². The Kier molecular flexibility index (Phi) is 6.62. The van der Waals surface area contributed by atoms with Crippen LogP contribution in [0.25, 0.3) is 0 Å². The van der Waals surface area contributed by atoms with E-state index < -0.39 is 11.8 Å². The number of nitrogens with one attached hydrogen (secondary N) is 1. The van der Waals surface area contributed by atoms with E-state index in [0.717, 1.165) is 11.8 Å². The largest absolute Gasteiger partial charge is 0.369 e. The quantitative estimate of drug-likeness (QED) is 0.488. The predicted molar refractivity (Wildman–Crippen MR) is 98.4 cm³/mol. The molecule has 138 valence electrons. The van der Waals surface area contributed by atoms with Gasteiger partial charge in [0.2, 0.25) is 0 Å². The van der Waals surface area contributed by atoms with Crippen LogP contribution in [0.3, 0.4) is 0 Å². The first-order chi connectivity index (χ1) is 12.4. The number of hydrazine groups is 1. The Balaban J connectivity index is 2.07. The van der Waals surface area contributed by atoms with Crippen molar-refractivity contribution in [3.05, 3.63) is 65.7 Å². The number of halogens is 1. The van der Waals surface area contributed by atoms with Crippen LogP contribution < -0.4 is 11.2 Å². The number of aliphatic imine (C=N–C) groups is 1. The highest BCUT2D eigenvalue weighted by molar-refractivity contribution is 5.95. The highest BCUT2D eigenvalue weighted by atomic mass is 19.1. The highest BCUT2D eigenvalue weighted by Crippen LogP contribution is 2.16. The van der Waals surface area contributed by atoms with Gasteiger partial charge in [-0.25, -0.2) is 19.6 Å². The van der Waals surface area contributed by atoms with Gasteiger partial charge in [-0.2, -0.15) is 0 Å². The molecule has 1 aromatic heterocycles.